The standard InChI is InChI=1S/C11H26N2/c1-2-8-11(13)9-6-4-3-5-7-10-12/h11H,2-10,12-13H2,1H3. The fourth-order valence-corrected chi connectivity index (χ4v) is 1.60. The number of hydrogen-bond acceptors (Lipinski definition) is 2. The Morgan fingerprint density at radius 3 is 2.15 bits per heavy atom. The average molecular weight is 186 g/mol. The van der Waals surface area contributed by atoms with Crippen LogP contribution in [-0.2, 0) is 0 Å². The summed E-state index contributed by atoms with van der Waals surface area (Å²) in [5.41, 5.74) is 11.3. The van der Waals surface area contributed by atoms with E-state index in [9.17, 15) is 0 Å². The maximum atomic E-state index is 5.91. The lowest BCUT2D eigenvalue weighted by Crippen LogP contribution is -2.18. The predicted octanol–water partition coefficient (Wildman–Crippen LogP) is 2.41. The van der Waals surface area contributed by atoms with Crippen molar-refractivity contribution in [3.8, 4) is 0 Å². The van der Waals surface area contributed by atoms with Gasteiger partial charge in [-0.15, -0.1) is 0 Å². The van der Waals surface area contributed by atoms with Crippen molar-refractivity contribution in [3.05, 3.63) is 0 Å². The number of unbranched alkanes of at least 4 members (excludes halogenated alkanes) is 4. The minimum absolute atomic E-state index is 0.444. The van der Waals surface area contributed by atoms with Gasteiger partial charge in [0.15, 0.2) is 0 Å². The molecule has 0 aromatic rings. The van der Waals surface area contributed by atoms with Gasteiger partial charge in [-0.3, -0.25) is 0 Å². The highest BCUT2D eigenvalue weighted by Crippen LogP contribution is 2.08. The second-order valence-electron chi connectivity index (χ2n) is 3.89. The molecule has 0 aliphatic rings. The van der Waals surface area contributed by atoms with E-state index < -0.39 is 0 Å². The van der Waals surface area contributed by atoms with Gasteiger partial charge < -0.3 is 11.5 Å². The Bertz CT molecular complexity index is 94.1. The van der Waals surface area contributed by atoms with Crippen LogP contribution in [0.3, 0.4) is 0 Å². The van der Waals surface area contributed by atoms with Crippen LogP contribution in [0.15, 0.2) is 0 Å². The van der Waals surface area contributed by atoms with Crippen LogP contribution in [-0.4, -0.2) is 12.6 Å². The maximum absolute atomic E-state index is 5.91. The van der Waals surface area contributed by atoms with Gasteiger partial charge in [0, 0.05) is 6.04 Å². The van der Waals surface area contributed by atoms with Crippen LogP contribution in [0.4, 0.5) is 0 Å². The van der Waals surface area contributed by atoms with Gasteiger partial charge in [-0.25, -0.2) is 0 Å². The van der Waals surface area contributed by atoms with Crippen LogP contribution in [0.5, 0.6) is 0 Å². The summed E-state index contributed by atoms with van der Waals surface area (Å²) in [6, 6.07) is 0.444. The van der Waals surface area contributed by atoms with E-state index in [1.54, 1.807) is 0 Å². The molecule has 0 bridgehead atoms. The van der Waals surface area contributed by atoms with E-state index in [0.29, 0.717) is 6.04 Å². The van der Waals surface area contributed by atoms with Crippen molar-refractivity contribution >= 4 is 0 Å². The highest BCUT2D eigenvalue weighted by molar-refractivity contribution is 4.60. The van der Waals surface area contributed by atoms with Gasteiger partial charge in [0.2, 0.25) is 0 Å². The molecule has 0 rings (SSSR count). The minimum atomic E-state index is 0.444. The smallest absolute Gasteiger partial charge is 0.00387 e. The highest BCUT2D eigenvalue weighted by Gasteiger charge is 1.99. The van der Waals surface area contributed by atoms with Crippen LogP contribution in [0, 0.1) is 0 Å². The first-order chi connectivity index (χ1) is 6.31. The second-order valence-corrected chi connectivity index (χ2v) is 3.89. The van der Waals surface area contributed by atoms with Crippen molar-refractivity contribution in [2.75, 3.05) is 6.54 Å². The van der Waals surface area contributed by atoms with Crippen molar-refractivity contribution in [2.45, 2.75) is 64.3 Å². The molecule has 1 unspecified atom stereocenters. The Kier molecular flexibility index (Phi) is 9.94. The summed E-state index contributed by atoms with van der Waals surface area (Å²) < 4.78 is 0. The zero-order valence-corrected chi connectivity index (χ0v) is 9.10. The lowest BCUT2D eigenvalue weighted by Gasteiger charge is -2.09. The maximum Gasteiger partial charge on any atom is 0.00387 e. The molecule has 0 amide bonds. The lowest BCUT2D eigenvalue weighted by molar-refractivity contribution is 0.510. The van der Waals surface area contributed by atoms with E-state index >= 15 is 0 Å². The number of rotatable bonds is 9. The van der Waals surface area contributed by atoms with E-state index in [-0.39, 0.29) is 0 Å². The van der Waals surface area contributed by atoms with Crippen molar-refractivity contribution in [2.24, 2.45) is 11.5 Å². The van der Waals surface area contributed by atoms with Crippen LogP contribution in [0.2, 0.25) is 0 Å². The fraction of sp³-hybridized carbons (Fsp3) is 1.00. The third kappa shape index (κ3) is 9.84. The van der Waals surface area contributed by atoms with Gasteiger partial charge in [0.25, 0.3) is 0 Å². The number of hydrogen-bond donors (Lipinski definition) is 2. The van der Waals surface area contributed by atoms with E-state index in [1.807, 2.05) is 0 Å². The summed E-state index contributed by atoms with van der Waals surface area (Å²) in [5, 5.41) is 0. The molecule has 4 N–H and O–H groups in total. The normalized spacial score (nSPS) is 13.2. The molecule has 0 saturated heterocycles. The van der Waals surface area contributed by atoms with Gasteiger partial charge in [-0.1, -0.05) is 39.0 Å². The summed E-state index contributed by atoms with van der Waals surface area (Å²) in [6.45, 7) is 3.04. The zero-order valence-electron chi connectivity index (χ0n) is 9.10. The first kappa shape index (κ1) is 12.9. The Morgan fingerprint density at radius 2 is 1.54 bits per heavy atom. The predicted molar refractivity (Wildman–Crippen MR) is 59.6 cm³/mol. The Hall–Kier alpha value is -0.0800. The molecule has 0 heterocycles. The molecule has 0 saturated carbocycles. The molecule has 13 heavy (non-hydrogen) atoms. The fourth-order valence-electron chi connectivity index (χ4n) is 1.60. The zero-order chi connectivity index (χ0) is 9.94. The van der Waals surface area contributed by atoms with Crippen LogP contribution < -0.4 is 11.5 Å². The Labute approximate surface area is 83.1 Å². The molecule has 0 aromatic carbocycles. The molecule has 0 radical (unpaired) electrons. The van der Waals surface area contributed by atoms with E-state index in [0.717, 1.165) is 6.54 Å². The molecular weight excluding hydrogens is 160 g/mol. The third-order valence-electron chi connectivity index (χ3n) is 2.44. The molecule has 2 nitrogen and oxygen atoms in total. The SMILES string of the molecule is CCCC(N)CCCCCCCN. The van der Waals surface area contributed by atoms with E-state index in [2.05, 4.69) is 6.92 Å². The van der Waals surface area contributed by atoms with Crippen molar-refractivity contribution in [1.82, 2.24) is 0 Å². The molecule has 0 aliphatic carbocycles. The molecule has 0 spiro atoms. The van der Waals surface area contributed by atoms with Gasteiger partial charge >= 0.3 is 0 Å². The van der Waals surface area contributed by atoms with Gasteiger partial charge in [-0.05, 0) is 25.8 Å². The van der Waals surface area contributed by atoms with Crippen molar-refractivity contribution in [3.63, 3.8) is 0 Å². The Morgan fingerprint density at radius 1 is 0.923 bits per heavy atom. The summed E-state index contributed by atoms with van der Waals surface area (Å²) in [5.74, 6) is 0. The lowest BCUT2D eigenvalue weighted by atomic mass is 10.0. The van der Waals surface area contributed by atoms with E-state index in [4.69, 9.17) is 11.5 Å². The van der Waals surface area contributed by atoms with Gasteiger partial charge in [0.1, 0.15) is 0 Å². The van der Waals surface area contributed by atoms with Crippen LogP contribution in [0.25, 0.3) is 0 Å². The summed E-state index contributed by atoms with van der Waals surface area (Å²) in [6.07, 6.45) is 10.0. The highest BCUT2D eigenvalue weighted by atomic mass is 14.6. The largest absolute Gasteiger partial charge is 0.330 e. The number of nitrogens with two attached hydrogens (primary N) is 2. The summed E-state index contributed by atoms with van der Waals surface area (Å²) in [7, 11) is 0. The second kappa shape index (κ2) is 10.0. The topological polar surface area (TPSA) is 52.0 Å². The van der Waals surface area contributed by atoms with Gasteiger partial charge in [0.05, 0.1) is 0 Å². The van der Waals surface area contributed by atoms with Gasteiger partial charge in [-0.2, -0.15) is 0 Å². The molecule has 80 valence electrons. The monoisotopic (exact) mass is 186 g/mol. The van der Waals surface area contributed by atoms with Crippen molar-refractivity contribution in [1.29, 1.82) is 0 Å². The van der Waals surface area contributed by atoms with Crippen molar-refractivity contribution < 1.29 is 0 Å². The molecule has 1 atom stereocenters. The van der Waals surface area contributed by atoms with E-state index in [1.165, 1.54) is 51.4 Å². The third-order valence-corrected chi connectivity index (χ3v) is 2.44. The molecule has 0 aliphatic heterocycles. The molecule has 0 fully saturated rings. The Balaban J connectivity index is 2.97. The summed E-state index contributed by atoms with van der Waals surface area (Å²) >= 11 is 0. The quantitative estimate of drug-likeness (QED) is 0.543. The average Bonchev–Trinajstić information content (AvgIpc) is 2.11. The first-order valence-corrected chi connectivity index (χ1v) is 5.77. The minimum Gasteiger partial charge on any atom is -0.330 e. The summed E-state index contributed by atoms with van der Waals surface area (Å²) in [4.78, 5) is 0. The van der Waals surface area contributed by atoms with Crippen LogP contribution in [0.1, 0.15) is 58.3 Å². The molecular formula is C11H26N2. The molecule has 2 heteroatoms. The van der Waals surface area contributed by atoms with Crippen LogP contribution >= 0.6 is 0 Å². The molecule has 0 aromatic heterocycles. The first-order valence-electron chi connectivity index (χ1n) is 5.77.